The molecule has 0 bridgehead atoms. The van der Waals surface area contributed by atoms with Gasteiger partial charge >= 0.3 is 12.1 Å². The first kappa shape index (κ1) is 18.4. The van der Waals surface area contributed by atoms with E-state index >= 15 is 0 Å². The predicted octanol–water partition coefficient (Wildman–Crippen LogP) is 5.26. The van der Waals surface area contributed by atoms with Crippen LogP contribution in [0.25, 0.3) is 11.1 Å². The average Bonchev–Trinajstić information content (AvgIpc) is 3.08. The number of benzene rings is 1. The number of carboxylic acids is 1. The molecule has 0 radical (unpaired) electrons. The molecule has 0 saturated heterocycles. The molecule has 2 aromatic rings. The molecule has 7 heteroatoms. The first-order valence-electron chi connectivity index (χ1n) is 8.32. The van der Waals surface area contributed by atoms with E-state index in [1.165, 1.54) is 12.1 Å². The van der Waals surface area contributed by atoms with Gasteiger partial charge in [-0.15, -0.1) is 0 Å². The summed E-state index contributed by atoms with van der Waals surface area (Å²) < 4.78 is 53.0. The standard InChI is InChI=1S/C19H17F4NO2/c20-16-8-12(17(18(25)26)11-3-1-2-4-11)5-6-15(16)13-7-14(10-24-9-13)19(21,22)23/h5-11,17H,1-4H2,(H,25,26)/t17-/m1/s1. The number of alkyl halides is 3. The largest absolute Gasteiger partial charge is 0.481 e. The maximum atomic E-state index is 14.6. The topological polar surface area (TPSA) is 50.2 Å². The van der Waals surface area contributed by atoms with Crippen molar-refractivity contribution in [3.63, 3.8) is 0 Å². The number of carbonyl (C=O) groups is 1. The van der Waals surface area contributed by atoms with E-state index in [1.54, 1.807) is 0 Å². The van der Waals surface area contributed by atoms with Crippen molar-refractivity contribution >= 4 is 5.97 Å². The Balaban J connectivity index is 1.96. The quantitative estimate of drug-likeness (QED) is 0.750. The second kappa shape index (κ2) is 7.05. The maximum absolute atomic E-state index is 14.6. The molecule has 0 spiro atoms. The fourth-order valence-electron chi connectivity index (χ4n) is 3.61. The number of nitrogens with zero attached hydrogens (tertiary/aromatic N) is 1. The van der Waals surface area contributed by atoms with Gasteiger partial charge in [0.2, 0.25) is 0 Å². The summed E-state index contributed by atoms with van der Waals surface area (Å²) in [5.74, 6) is -2.62. The van der Waals surface area contributed by atoms with E-state index in [-0.39, 0.29) is 17.0 Å². The van der Waals surface area contributed by atoms with Gasteiger partial charge in [-0.05, 0) is 36.5 Å². The molecule has 1 atom stereocenters. The molecule has 1 fully saturated rings. The van der Waals surface area contributed by atoms with E-state index in [0.717, 1.165) is 44.0 Å². The Labute approximate surface area is 147 Å². The second-order valence-electron chi connectivity index (χ2n) is 6.56. The van der Waals surface area contributed by atoms with Crippen LogP contribution in [0.15, 0.2) is 36.7 Å². The van der Waals surface area contributed by atoms with Gasteiger partial charge in [0.1, 0.15) is 5.82 Å². The highest BCUT2D eigenvalue weighted by atomic mass is 19.4. The van der Waals surface area contributed by atoms with E-state index < -0.39 is 29.4 Å². The van der Waals surface area contributed by atoms with Gasteiger partial charge < -0.3 is 5.11 Å². The lowest BCUT2D eigenvalue weighted by Crippen LogP contribution is -2.19. The number of hydrogen-bond donors (Lipinski definition) is 1. The molecule has 1 aliphatic carbocycles. The number of halogens is 4. The Hall–Kier alpha value is -2.44. The van der Waals surface area contributed by atoms with Crippen molar-refractivity contribution in [3.8, 4) is 11.1 Å². The molecule has 0 amide bonds. The predicted molar refractivity (Wildman–Crippen MR) is 87.0 cm³/mol. The fourth-order valence-corrected chi connectivity index (χ4v) is 3.61. The molecule has 138 valence electrons. The van der Waals surface area contributed by atoms with E-state index in [9.17, 15) is 27.5 Å². The third-order valence-corrected chi connectivity index (χ3v) is 4.87. The summed E-state index contributed by atoms with van der Waals surface area (Å²) >= 11 is 0. The molecular weight excluding hydrogens is 350 g/mol. The Morgan fingerprint density at radius 1 is 1.15 bits per heavy atom. The van der Waals surface area contributed by atoms with E-state index in [1.807, 2.05) is 0 Å². The maximum Gasteiger partial charge on any atom is 0.417 e. The van der Waals surface area contributed by atoms with Crippen LogP contribution in [0.2, 0.25) is 0 Å². The number of aromatic nitrogens is 1. The van der Waals surface area contributed by atoms with Gasteiger partial charge in [-0.2, -0.15) is 13.2 Å². The van der Waals surface area contributed by atoms with Gasteiger partial charge in [-0.25, -0.2) is 4.39 Å². The van der Waals surface area contributed by atoms with Crippen molar-refractivity contribution in [2.75, 3.05) is 0 Å². The van der Waals surface area contributed by atoms with Crippen molar-refractivity contribution in [3.05, 3.63) is 53.6 Å². The molecule has 1 aromatic carbocycles. The molecule has 0 aliphatic heterocycles. The Morgan fingerprint density at radius 3 is 2.42 bits per heavy atom. The molecule has 3 rings (SSSR count). The molecule has 3 nitrogen and oxygen atoms in total. The molecule has 1 aromatic heterocycles. The Bertz CT molecular complexity index is 813. The number of pyridine rings is 1. The zero-order chi connectivity index (χ0) is 18.9. The molecular formula is C19H17F4NO2. The summed E-state index contributed by atoms with van der Waals surface area (Å²) in [5, 5.41) is 9.53. The van der Waals surface area contributed by atoms with Crippen molar-refractivity contribution < 1.29 is 27.5 Å². The summed E-state index contributed by atoms with van der Waals surface area (Å²) in [5.41, 5.74) is -0.669. The van der Waals surface area contributed by atoms with Gasteiger partial charge in [0.05, 0.1) is 11.5 Å². The van der Waals surface area contributed by atoms with Gasteiger partial charge in [-0.3, -0.25) is 9.78 Å². The normalized spacial score (nSPS) is 16.6. The minimum atomic E-state index is -4.57. The van der Waals surface area contributed by atoms with Crippen molar-refractivity contribution in [2.24, 2.45) is 5.92 Å². The van der Waals surface area contributed by atoms with Crippen LogP contribution in [0.5, 0.6) is 0 Å². The lowest BCUT2D eigenvalue weighted by molar-refractivity contribution is -0.140. The first-order valence-corrected chi connectivity index (χ1v) is 8.32. The van der Waals surface area contributed by atoms with Crippen LogP contribution in [-0.4, -0.2) is 16.1 Å². The van der Waals surface area contributed by atoms with Gasteiger partial charge in [-0.1, -0.05) is 25.0 Å². The number of aliphatic carboxylic acids is 1. The lowest BCUT2D eigenvalue weighted by atomic mass is 9.84. The van der Waals surface area contributed by atoms with Crippen LogP contribution in [0.4, 0.5) is 17.6 Å². The van der Waals surface area contributed by atoms with Crippen molar-refractivity contribution in [1.82, 2.24) is 4.98 Å². The summed E-state index contributed by atoms with van der Waals surface area (Å²) in [7, 11) is 0. The highest BCUT2D eigenvalue weighted by molar-refractivity contribution is 5.77. The van der Waals surface area contributed by atoms with E-state index in [4.69, 9.17) is 0 Å². The zero-order valence-electron chi connectivity index (χ0n) is 13.8. The second-order valence-corrected chi connectivity index (χ2v) is 6.56. The van der Waals surface area contributed by atoms with Gasteiger partial charge in [0.25, 0.3) is 0 Å². The monoisotopic (exact) mass is 367 g/mol. The summed E-state index contributed by atoms with van der Waals surface area (Å²) in [6, 6.07) is 4.76. The van der Waals surface area contributed by atoms with Crippen LogP contribution in [0, 0.1) is 11.7 Å². The van der Waals surface area contributed by atoms with Crippen molar-refractivity contribution in [1.29, 1.82) is 0 Å². The highest BCUT2D eigenvalue weighted by Gasteiger charge is 2.33. The number of rotatable bonds is 4. The number of carboxylic acid groups (broad SMARTS) is 1. The van der Waals surface area contributed by atoms with Gasteiger partial charge in [0.15, 0.2) is 0 Å². The van der Waals surface area contributed by atoms with Gasteiger partial charge in [0, 0.05) is 23.5 Å². The van der Waals surface area contributed by atoms with Crippen molar-refractivity contribution in [2.45, 2.75) is 37.8 Å². The molecule has 1 aliphatic rings. The van der Waals surface area contributed by atoms with Crippen LogP contribution in [0.1, 0.15) is 42.7 Å². The van der Waals surface area contributed by atoms with Crippen LogP contribution < -0.4 is 0 Å². The Morgan fingerprint density at radius 2 is 1.85 bits per heavy atom. The molecule has 1 saturated carbocycles. The SMILES string of the molecule is O=C(O)[C@@H](c1ccc(-c2cncc(C(F)(F)F)c2)c(F)c1)C1CCCC1. The lowest BCUT2D eigenvalue weighted by Gasteiger charge is -2.20. The third-order valence-electron chi connectivity index (χ3n) is 4.87. The fraction of sp³-hybridized carbons (Fsp3) is 0.368. The summed E-state index contributed by atoms with van der Waals surface area (Å²) in [6.07, 6.45) is 0.706. The molecule has 1 heterocycles. The molecule has 26 heavy (non-hydrogen) atoms. The van der Waals surface area contributed by atoms with E-state index in [2.05, 4.69) is 4.98 Å². The highest BCUT2D eigenvalue weighted by Crippen LogP contribution is 2.39. The van der Waals surface area contributed by atoms with Crippen LogP contribution in [-0.2, 0) is 11.0 Å². The Kier molecular flexibility index (Phi) is 4.98. The summed E-state index contributed by atoms with van der Waals surface area (Å²) in [6.45, 7) is 0. The molecule has 0 unspecified atom stereocenters. The minimum absolute atomic E-state index is 0.00313. The zero-order valence-corrected chi connectivity index (χ0v) is 13.8. The third kappa shape index (κ3) is 3.71. The summed E-state index contributed by atoms with van der Waals surface area (Å²) in [4.78, 5) is 15.2. The van der Waals surface area contributed by atoms with E-state index in [0.29, 0.717) is 11.8 Å². The molecule has 1 N–H and O–H groups in total. The number of hydrogen-bond acceptors (Lipinski definition) is 2. The van der Waals surface area contributed by atoms with Crippen LogP contribution in [0.3, 0.4) is 0 Å². The average molecular weight is 367 g/mol. The van der Waals surface area contributed by atoms with Crippen LogP contribution >= 0.6 is 0 Å². The minimum Gasteiger partial charge on any atom is -0.481 e. The smallest absolute Gasteiger partial charge is 0.417 e. The first-order chi connectivity index (χ1) is 12.3.